The highest BCUT2D eigenvalue weighted by Gasteiger charge is 2.09. The van der Waals surface area contributed by atoms with Crippen LogP contribution in [0.25, 0.3) is 0 Å². The lowest BCUT2D eigenvalue weighted by Gasteiger charge is -2.20. The lowest BCUT2D eigenvalue weighted by molar-refractivity contribution is -0.0776. The normalized spacial score (nSPS) is 16.6. The third-order valence-corrected chi connectivity index (χ3v) is 2.73. The summed E-state index contributed by atoms with van der Waals surface area (Å²) in [6.07, 6.45) is 1.42. The Balaban J connectivity index is 3.52. The minimum Gasteiger partial charge on any atom is -0.382 e. The Morgan fingerprint density at radius 1 is 0.684 bits per heavy atom. The zero-order valence-electron chi connectivity index (χ0n) is 13.5. The van der Waals surface area contributed by atoms with Crippen LogP contribution in [-0.4, -0.2) is 51.8 Å². The first-order valence-corrected chi connectivity index (χ1v) is 7.29. The van der Waals surface area contributed by atoms with Crippen molar-refractivity contribution < 1.29 is 18.9 Å². The molecule has 3 atom stereocenters. The third-order valence-electron chi connectivity index (χ3n) is 2.73. The molecule has 0 heterocycles. The average Bonchev–Trinajstić information content (AvgIpc) is 2.33. The molecular weight excluding hydrogens is 244 g/mol. The molecule has 0 N–H and O–H groups in total. The van der Waals surface area contributed by atoms with E-state index in [2.05, 4.69) is 13.8 Å². The van der Waals surface area contributed by atoms with Crippen LogP contribution >= 0.6 is 0 Å². The molecule has 0 saturated heterocycles. The van der Waals surface area contributed by atoms with Crippen LogP contribution < -0.4 is 0 Å². The summed E-state index contributed by atoms with van der Waals surface area (Å²) in [5, 5.41) is 0. The summed E-state index contributed by atoms with van der Waals surface area (Å²) in [6.45, 7) is 13.1. The van der Waals surface area contributed by atoms with Crippen LogP contribution in [0.5, 0.6) is 0 Å². The maximum atomic E-state index is 5.70. The Morgan fingerprint density at radius 3 is 1.63 bits per heavy atom. The first kappa shape index (κ1) is 18.8. The van der Waals surface area contributed by atoms with E-state index in [0.29, 0.717) is 25.7 Å². The lowest BCUT2D eigenvalue weighted by Crippen LogP contribution is -2.26. The van der Waals surface area contributed by atoms with Gasteiger partial charge in [0.25, 0.3) is 0 Å². The third kappa shape index (κ3) is 12.6. The summed E-state index contributed by atoms with van der Waals surface area (Å²) in [7, 11) is 1.68. The standard InChI is InChI=1S/C15H32O4/c1-12(2)7-8-17-14(4)10-19-15(5)11-18-13(3)9-16-6/h12-15H,7-11H2,1-6H3. The van der Waals surface area contributed by atoms with Crippen molar-refractivity contribution in [2.24, 2.45) is 5.92 Å². The number of rotatable bonds is 12. The van der Waals surface area contributed by atoms with Gasteiger partial charge in [-0.05, 0) is 33.1 Å². The number of ether oxygens (including phenoxy) is 4. The second kappa shape index (κ2) is 11.6. The molecule has 0 saturated carbocycles. The van der Waals surface area contributed by atoms with E-state index in [1.54, 1.807) is 7.11 Å². The van der Waals surface area contributed by atoms with Crippen molar-refractivity contribution >= 4 is 0 Å². The SMILES string of the molecule is COCC(C)OCC(C)OCC(C)OCCC(C)C. The molecule has 0 aromatic heterocycles. The Labute approximate surface area is 118 Å². The summed E-state index contributed by atoms with van der Waals surface area (Å²) >= 11 is 0. The highest BCUT2D eigenvalue weighted by molar-refractivity contribution is 4.55. The summed E-state index contributed by atoms with van der Waals surface area (Å²) in [5.41, 5.74) is 0. The van der Waals surface area contributed by atoms with Gasteiger partial charge in [-0.2, -0.15) is 0 Å². The van der Waals surface area contributed by atoms with Crippen LogP contribution in [-0.2, 0) is 18.9 Å². The fraction of sp³-hybridized carbons (Fsp3) is 1.00. The highest BCUT2D eigenvalue weighted by Crippen LogP contribution is 2.03. The van der Waals surface area contributed by atoms with Crippen molar-refractivity contribution in [3.63, 3.8) is 0 Å². The molecule has 0 spiro atoms. The largest absolute Gasteiger partial charge is 0.382 e. The van der Waals surface area contributed by atoms with Crippen molar-refractivity contribution in [2.45, 2.75) is 59.4 Å². The van der Waals surface area contributed by atoms with Crippen LogP contribution in [0.15, 0.2) is 0 Å². The molecule has 0 fully saturated rings. The van der Waals surface area contributed by atoms with E-state index in [0.717, 1.165) is 13.0 Å². The molecule has 0 bridgehead atoms. The maximum Gasteiger partial charge on any atom is 0.0781 e. The Kier molecular flexibility index (Phi) is 11.6. The molecule has 0 aliphatic rings. The monoisotopic (exact) mass is 276 g/mol. The Morgan fingerprint density at radius 2 is 1.16 bits per heavy atom. The number of hydrogen-bond donors (Lipinski definition) is 0. The molecule has 0 aliphatic heterocycles. The molecule has 4 nitrogen and oxygen atoms in total. The molecule has 4 heteroatoms. The van der Waals surface area contributed by atoms with Gasteiger partial charge in [-0.15, -0.1) is 0 Å². The van der Waals surface area contributed by atoms with Crippen LogP contribution in [0.2, 0.25) is 0 Å². The summed E-state index contributed by atoms with van der Waals surface area (Å²) in [4.78, 5) is 0. The predicted molar refractivity (Wildman–Crippen MR) is 77.6 cm³/mol. The molecule has 19 heavy (non-hydrogen) atoms. The van der Waals surface area contributed by atoms with E-state index in [9.17, 15) is 0 Å². The minimum absolute atomic E-state index is 0.0791. The van der Waals surface area contributed by atoms with E-state index < -0.39 is 0 Å². The van der Waals surface area contributed by atoms with E-state index in [1.807, 2.05) is 20.8 Å². The van der Waals surface area contributed by atoms with Gasteiger partial charge >= 0.3 is 0 Å². The summed E-state index contributed by atoms with van der Waals surface area (Å²) in [5.74, 6) is 0.683. The van der Waals surface area contributed by atoms with E-state index in [-0.39, 0.29) is 18.3 Å². The van der Waals surface area contributed by atoms with E-state index >= 15 is 0 Å². The molecule has 0 rings (SSSR count). The molecule has 0 aromatic carbocycles. The highest BCUT2D eigenvalue weighted by atomic mass is 16.6. The Hall–Kier alpha value is -0.160. The average molecular weight is 276 g/mol. The first-order chi connectivity index (χ1) is 8.95. The zero-order chi connectivity index (χ0) is 14.7. The van der Waals surface area contributed by atoms with Gasteiger partial charge in [-0.1, -0.05) is 13.8 Å². The summed E-state index contributed by atoms with van der Waals surface area (Å²) in [6, 6.07) is 0. The summed E-state index contributed by atoms with van der Waals surface area (Å²) < 4.78 is 22.0. The predicted octanol–water partition coefficient (Wildman–Crippen LogP) is 2.89. The van der Waals surface area contributed by atoms with Gasteiger partial charge in [0.05, 0.1) is 38.1 Å². The topological polar surface area (TPSA) is 36.9 Å². The van der Waals surface area contributed by atoms with Gasteiger partial charge in [-0.25, -0.2) is 0 Å². The van der Waals surface area contributed by atoms with Crippen LogP contribution in [0.4, 0.5) is 0 Å². The number of methoxy groups -OCH3 is 1. The van der Waals surface area contributed by atoms with Crippen LogP contribution in [0, 0.1) is 5.92 Å². The van der Waals surface area contributed by atoms with Gasteiger partial charge in [0, 0.05) is 13.7 Å². The minimum atomic E-state index is 0.0791. The second-order valence-corrected chi connectivity index (χ2v) is 5.61. The fourth-order valence-electron chi connectivity index (χ4n) is 1.48. The van der Waals surface area contributed by atoms with Gasteiger partial charge in [0.15, 0.2) is 0 Å². The Bertz CT molecular complexity index is 197. The molecule has 0 radical (unpaired) electrons. The quantitative estimate of drug-likeness (QED) is 0.549. The van der Waals surface area contributed by atoms with E-state index in [1.165, 1.54) is 0 Å². The maximum absolute atomic E-state index is 5.70. The molecule has 0 aromatic rings. The molecule has 0 amide bonds. The van der Waals surface area contributed by atoms with Gasteiger partial charge in [0.1, 0.15) is 0 Å². The smallest absolute Gasteiger partial charge is 0.0781 e. The van der Waals surface area contributed by atoms with Crippen molar-refractivity contribution in [1.82, 2.24) is 0 Å². The zero-order valence-corrected chi connectivity index (χ0v) is 13.5. The second-order valence-electron chi connectivity index (χ2n) is 5.61. The molecule has 116 valence electrons. The first-order valence-electron chi connectivity index (χ1n) is 7.29. The fourth-order valence-corrected chi connectivity index (χ4v) is 1.48. The molecule has 0 aliphatic carbocycles. The van der Waals surface area contributed by atoms with Gasteiger partial charge < -0.3 is 18.9 Å². The van der Waals surface area contributed by atoms with Crippen LogP contribution in [0.3, 0.4) is 0 Å². The van der Waals surface area contributed by atoms with Crippen molar-refractivity contribution in [3.05, 3.63) is 0 Å². The number of hydrogen-bond acceptors (Lipinski definition) is 4. The van der Waals surface area contributed by atoms with Crippen LogP contribution in [0.1, 0.15) is 41.0 Å². The van der Waals surface area contributed by atoms with Crippen molar-refractivity contribution in [2.75, 3.05) is 33.5 Å². The van der Waals surface area contributed by atoms with Gasteiger partial charge in [0.2, 0.25) is 0 Å². The van der Waals surface area contributed by atoms with Crippen molar-refractivity contribution in [3.8, 4) is 0 Å². The lowest BCUT2D eigenvalue weighted by atomic mass is 10.1. The molecule has 3 unspecified atom stereocenters. The van der Waals surface area contributed by atoms with E-state index in [4.69, 9.17) is 18.9 Å². The van der Waals surface area contributed by atoms with Gasteiger partial charge in [-0.3, -0.25) is 0 Å². The molecular formula is C15H32O4. The van der Waals surface area contributed by atoms with Crippen molar-refractivity contribution in [1.29, 1.82) is 0 Å².